The van der Waals surface area contributed by atoms with Crippen LogP contribution < -0.4 is 9.64 Å². The fraction of sp³-hybridized carbons (Fsp3) is 0.348. The van der Waals surface area contributed by atoms with Gasteiger partial charge in [-0.15, -0.1) is 0 Å². The molecule has 0 fully saturated rings. The van der Waals surface area contributed by atoms with Crippen molar-refractivity contribution in [1.82, 2.24) is 19.7 Å². The Morgan fingerprint density at radius 1 is 0.900 bits per heavy atom. The number of benzene rings is 1. The van der Waals surface area contributed by atoms with Crippen LogP contribution in [0.15, 0.2) is 54.9 Å². The Labute approximate surface area is 184 Å². The smallest absolute Gasteiger partial charge is 0.220 e. The number of nitrogens with zero attached hydrogens (tertiary/aromatic N) is 5. The maximum absolute atomic E-state index is 5.78. The molecule has 0 saturated carbocycles. The molecule has 0 bridgehead atoms. The highest BCUT2D eigenvalue weighted by atomic mass is 32.1. The fourth-order valence-electron chi connectivity index (χ4n) is 2.29. The van der Waals surface area contributed by atoms with Crippen LogP contribution >= 0.6 is 11.3 Å². The molecule has 1 aromatic carbocycles. The number of pyridine rings is 1. The number of aryl methyl sites for hydroxylation is 1. The lowest BCUT2D eigenvalue weighted by Gasteiger charge is -2.11. The minimum atomic E-state index is 0.563. The van der Waals surface area contributed by atoms with Crippen LogP contribution in [0.4, 0.5) is 10.8 Å². The van der Waals surface area contributed by atoms with Gasteiger partial charge in [0.15, 0.2) is 5.13 Å². The number of para-hydroxylation sites is 1. The van der Waals surface area contributed by atoms with Gasteiger partial charge in [-0.25, -0.2) is 9.97 Å². The second kappa shape index (κ2) is 13.3. The third kappa shape index (κ3) is 6.56. The highest BCUT2D eigenvalue weighted by Crippen LogP contribution is 2.32. The number of thiazole rings is 1. The Hall–Kier alpha value is -2.93. The molecule has 0 unspecified atom stereocenters. The first-order valence-corrected chi connectivity index (χ1v) is 11.2. The van der Waals surface area contributed by atoms with Crippen molar-refractivity contribution in [3.8, 4) is 11.6 Å². The van der Waals surface area contributed by atoms with Crippen LogP contribution in [0.25, 0.3) is 10.3 Å². The van der Waals surface area contributed by atoms with Crippen LogP contribution in [-0.4, -0.2) is 26.8 Å². The van der Waals surface area contributed by atoms with Gasteiger partial charge in [0.1, 0.15) is 16.1 Å². The van der Waals surface area contributed by atoms with Gasteiger partial charge in [0.05, 0.1) is 11.9 Å². The Bertz CT molecular complexity index is 982. The van der Waals surface area contributed by atoms with Crippen LogP contribution in [0.2, 0.25) is 0 Å². The quantitative estimate of drug-likeness (QED) is 0.349. The number of anilines is 2. The van der Waals surface area contributed by atoms with E-state index in [2.05, 4.69) is 15.1 Å². The molecule has 4 rings (SSSR count). The average molecular weight is 428 g/mol. The van der Waals surface area contributed by atoms with Crippen LogP contribution in [0.3, 0.4) is 0 Å². The first-order chi connectivity index (χ1) is 14.7. The van der Waals surface area contributed by atoms with E-state index in [-0.39, 0.29) is 0 Å². The van der Waals surface area contributed by atoms with E-state index in [9.17, 15) is 0 Å². The molecule has 0 N–H and O–H groups in total. The summed E-state index contributed by atoms with van der Waals surface area (Å²) in [4.78, 5) is 12.0. The lowest BCUT2D eigenvalue weighted by Crippen LogP contribution is -2.07. The molecule has 0 aliphatic heterocycles. The van der Waals surface area contributed by atoms with E-state index in [4.69, 9.17) is 4.74 Å². The summed E-state index contributed by atoms with van der Waals surface area (Å²) in [5.41, 5.74) is 1.84. The molecule has 0 amide bonds. The summed E-state index contributed by atoms with van der Waals surface area (Å²) in [5, 5.41) is 5.06. The molecule has 6 nitrogen and oxygen atoms in total. The Kier molecular flexibility index (Phi) is 11.1. The highest BCUT2D eigenvalue weighted by molar-refractivity contribution is 7.21. The average Bonchev–Trinajstić information content (AvgIpc) is 3.44. The molecule has 0 aliphatic rings. The van der Waals surface area contributed by atoms with Crippen LogP contribution in [0.1, 0.15) is 41.5 Å². The van der Waals surface area contributed by atoms with Crippen molar-refractivity contribution < 1.29 is 4.74 Å². The number of ether oxygens (including phenoxy) is 1. The Morgan fingerprint density at radius 3 is 2.17 bits per heavy atom. The van der Waals surface area contributed by atoms with Gasteiger partial charge in [0, 0.05) is 26.4 Å². The van der Waals surface area contributed by atoms with Crippen molar-refractivity contribution in [2.24, 2.45) is 7.05 Å². The molecule has 0 radical (unpaired) electrons. The predicted molar refractivity (Wildman–Crippen MR) is 129 cm³/mol. The van der Waals surface area contributed by atoms with Crippen molar-refractivity contribution in [2.75, 3.05) is 11.9 Å². The minimum absolute atomic E-state index is 0.563. The second-order valence-corrected chi connectivity index (χ2v) is 6.27. The summed E-state index contributed by atoms with van der Waals surface area (Å²) in [6.07, 6.45) is 3.76. The molecule has 162 valence electrons. The summed E-state index contributed by atoms with van der Waals surface area (Å²) in [6, 6.07) is 13.4. The van der Waals surface area contributed by atoms with Gasteiger partial charge >= 0.3 is 0 Å². The summed E-state index contributed by atoms with van der Waals surface area (Å²) < 4.78 is 7.55. The van der Waals surface area contributed by atoms with Crippen molar-refractivity contribution in [3.63, 3.8) is 0 Å². The van der Waals surface area contributed by atoms with Crippen LogP contribution in [0.5, 0.6) is 11.6 Å². The standard InChI is InChI=1S/C17H15N5OS.3C2H6/c1-21-11-12(10-18-21)22(2)17-19-14-8-9-15(20-16(14)24-17)23-13-6-4-3-5-7-13;3*1-2/h3-11H,1-2H3;3*1-2H3. The molecule has 7 heteroatoms. The molecule has 3 heterocycles. The minimum Gasteiger partial charge on any atom is -0.439 e. The van der Waals surface area contributed by atoms with Crippen molar-refractivity contribution in [2.45, 2.75) is 41.5 Å². The monoisotopic (exact) mass is 427 g/mol. The van der Waals surface area contributed by atoms with E-state index in [1.807, 2.05) is 115 Å². The number of aromatic nitrogens is 4. The lowest BCUT2D eigenvalue weighted by atomic mass is 10.3. The van der Waals surface area contributed by atoms with Crippen molar-refractivity contribution in [3.05, 3.63) is 54.9 Å². The number of hydrogen-bond acceptors (Lipinski definition) is 6. The van der Waals surface area contributed by atoms with E-state index in [1.54, 1.807) is 4.68 Å². The van der Waals surface area contributed by atoms with Gasteiger partial charge in [-0.05, 0) is 18.2 Å². The SMILES string of the molecule is CC.CC.CC.CN(c1cnn(C)c1)c1nc2ccc(Oc3ccccc3)nc2s1. The third-order valence-electron chi connectivity index (χ3n) is 3.55. The molecule has 30 heavy (non-hydrogen) atoms. The first-order valence-electron chi connectivity index (χ1n) is 10.4. The fourth-order valence-corrected chi connectivity index (χ4v) is 3.20. The van der Waals surface area contributed by atoms with Gasteiger partial charge in [0.25, 0.3) is 0 Å². The van der Waals surface area contributed by atoms with Gasteiger partial charge in [-0.3, -0.25) is 4.68 Å². The van der Waals surface area contributed by atoms with Crippen molar-refractivity contribution >= 4 is 32.5 Å². The van der Waals surface area contributed by atoms with Gasteiger partial charge < -0.3 is 9.64 Å². The van der Waals surface area contributed by atoms with Gasteiger partial charge in [0.2, 0.25) is 5.88 Å². The maximum Gasteiger partial charge on any atom is 0.220 e. The van der Waals surface area contributed by atoms with E-state index in [1.165, 1.54) is 11.3 Å². The van der Waals surface area contributed by atoms with Gasteiger partial charge in [-0.1, -0.05) is 71.1 Å². The third-order valence-corrected chi connectivity index (χ3v) is 4.59. The molecular weight excluding hydrogens is 394 g/mol. The molecule has 0 spiro atoms. The van der Waals surface area contributed by atoms with E-state index >= 15 is 0 Å². The zero-order valence-electron chi connectivity index (χ0n) is 19.2. The van der Waals surface area contributed by atoms with Crippen LogP contribution in [-0.2, 0) is 7.05 Å². The first kappa shape index (κ1) is 25.1. The highest BCUT2D eigenvalue weighted by Gasteiger charge is 2.13. The number of hydrogen-bond donors (Lipinski definition) is 0. The predicted octanol–water partition coefficient (Wildman–Crippen LogP) is 7.06. The lowest BCUT2D eigenvalue weighted by molar-refractivity contribution is 0.465. The summed E-state index contributed by atoms with van der Waals surface area (Å²) >= 11 is 1.52. The van der Waals surface area contributed by atoms with E-state index < -0.39 is 0 Å². The number of rotatable bonds is 4. The maximum atomic E-state index is 5.78. The van der Waals surface area contributed by atoms with E-state index in [0.717, 1.165) is 26.9 Å². The van der Waals surface area contributed by atoms with Crippen LogP contribution in [0, 0.1) is 0 Å². The normalized spacial score (nSPS) is 9.33. The molecular formula is C23H33N5OS. The summed E-state index contributed by atoms with van der Waals surface area (Å²) in [7, 11) is 3.86. The molecule has 3 aromatic heterocycles. The van der Waals surface area contributed by atoms with Crippen molar-refractivity contribution in [1.29, 1.82) is 0 Å². The molecule has 0 atom stereocenters. The zero-order valence-corrected chi connectivity index (χ0v) is 20.1. The Morgan fingerprint density at radius 2 is 1.57 bits per heavy atom. The Balaban J connectivity index is 0.000000691. The summed E-state index contributed by atoms with van der Waals surface area (Å²) in [5.74, 6) is 1.33. The summed E-state index contributed by atoms with van der Waals surface area (Å²) in [6.45, 7) is 12.0. The second-order valence-electron chi connectivity index (χ2n) is 5.32. The number of fused-ring (bicyclic) bond motifs is 1. The molecule has 0 saturated heterocycles. The van der Waals surface area contributed by atoms with Gasteiger partial charge in [-0.2, -0.15) is 5.10 Å². The molecule has 4 aromatic rings. The topological polar surface area (TPSA) is 56.1 Å². The molecule has 0 aliphatic carbocycles. The van der Waals surface area contributed by atoms with E-state index in [0.29, 0.717) is 5.88 Å². The zero-order chi connectivity index (χ0) is 22.5. The largest absolute Gasteiger partial charge is 0.439 e.